The van der Waals surface area contributed by atoms with Crippen molar-refractivity contribution < 1.29 is 14.3 Å². The van der Waals surface area contributed by atoms with Crippen LogP contribution in [0.5, 0.6) is 11.5 Å². The van der Waals surface area contributed by atoms with Gasteiger partial charge in [-0.25, -0.2) is 4.99 Å². The van der Waals surface area contributed by atoms with E-state index in [0.717, 1.165) is 5.56 Å². The molecule has 0 aromatic heterocycles. The summed E-state index contributed by atoms with van der Waals surface area (Å²) in [7, 11) is 1.66. The average Bonchev–Trinajstić information content (AvgIpc) is 3.15. The molecule has 126 valence electrons. The van der Waals surface area contributed by atoms with E-state index in [9.17, 15) is 4.79 Å². The summed E-state index contributed by atoms with van der Waals surface area (Å²) in [4.78, 5) is 18.4. The lowest BCUT2D eigenvalue weighted by Gasteiger charge is -2.12. The van der Waals surface area contributed by atoms with E-state index in [4.69, 9.17) is 32.7 Å². The molecule has 0 bridgehead atoms. The van der Waals surface area contributed by atoms with Crippen LogP contribution < -0.4 is 9.47 Å². The molecule has 25 heavy (non-hydrogen) atoms. The zero-order valence-electron chi connectivity index (χ0n) is 13.1. The molecule has 0 aliphatic carbocycles. The van der Waals surface area contributed by atoms with E-state index in [0.29, 0.717) is 38.6 Å². The summed E-state index contributed by atoms with van der Waals surface area (Å²) in [5.74, 6) is 1.62. The number of benzene rings is 2. The van der Waals surface area contributed by atoms with Gasteiger partial charge >= 0.3 is 0 Å². The summed E-state index contributed by atoms with van der Waals surface area (Å²) < 4.78 is 10.6. The second kappa shape index (κ2) is 6.10. The van der Waals surface area contributed by atoms with Gasteiger partial charge in [0.15, 0.2) is 11.5 Å². The summed E-state index contributed by atoms with van der Waals surface area (Å²) >= 11 is 12.2. The number of nitrogens with zero attached hydrogens (tertiary/aromatic N) is 2. The Morgan fingerprint density at radius 1 is 1.12 bits per heavy atom. The third kappa shape index (κ3) is 2.86. The fourth-order valence-electron chi connectivity index (χ4n) is 2.67. The van der Waals surface area contributed by atoms with E-state index in [-0.39, 0.29) is 12.7 Å². The first-order valence-electron chi connectivity index (χ1n) is 7.46. The minimum Gasteiger partial charge on any atom is -0.454 e. The van der Waals surface area contributed by atoms with Crippen molar-refractivity contribution in [2.45, 2.75) is 0 Å². The minimum absolute atomic E-state index is 0.203. The van der Waals surface area contributed by atoms with Crippen LogP contribution in [0.2, 0.25) is 10.0 Å². The number of hydrogen-bond donors (Lipinski definition) is 0. The van der Waals surface area contributed by atoms with Gasteiger partial charge in [0.2, 0.25) is 6.79 Å². The minimum atomic E-state index is -0.210. The molecule has 4 rings (SSSR count). The van der Waals surface area contributed by atoms with E-state index >= 15 is 0 Å². The Balaban J connectivity index is 1.73. The van der Waals surface area contributed by atoms with Crippen LogP contribution in [0.3, 0.4) is 0 Å². The first kappa shape index (κ1) is 16.0. The van der Waals surface area contributed by atoms with Crippen LogP contribution >= 0.6 is 23.2 Å². The Hall–Kier alpha value is -2.50. The van der Waals surface area contributed by atoms with Gasteiger partial charge in [-0.1, -0.05) is 29.3 Å². The van der Waals surface area contributed by atoms with E-state index in [1.165, 1.54) is 4.90 Å². The first-order chi connectivity index (χ1) is 12.0. The number of hydrogen-bond acceptors (Lipinski definition) is 4. The molecule has 1 amide bonds. The number of amidine groups is 1. The third-order valence-electron chi connectivity index (χ3n) is 3.94. The number of rotatable bonds is 2. The van der Waals surface area contributed by atoms with Gasteiger partial charge in [0.25, 0.3) is 5.91 Å². The zero-order chi connectivity index (χ0) is 17.6. The molecule has 0 unspecified atom stereocenters. The Bertz CT molecular complexity index is 953. The number of halogens is 2. The highest BCUT2D eigenvalue weighted by molar-refractivity contribution is 6.37. The predicted molar refractivity (Wildman–Crippen MR) is 96.3 cm³/mol. The second-order valence-electron chi connectivity index (χ2n) is 5.57. The van der Waals surface area contributed by atoms with Crippen LogP contribution in [0, 0.1) is 0 Å². The van der Waals surface area contributed by atoms with Crippen molar-refractivity contribution in [2.75, 3.05) is 13.8 Å². The fourth-order valence-corrected chi connectivity index (χ4v) is 3.16. The number of amides is 1. The molecule has 0 N–H and O–H groups in total. The van der Waals surface area contributed by atoms with Gasteiger partial charge < -0.3 is 9.47 Å². The van der Waals surface area contributed by atoms with Crippen molar-refractivity contribution in [3.8, 4) is 11.5 Å². The fraction of sp³-hybridized carbons (Fsp3) is 0.111. The highest BCUT2D eigenvalue weighted by atomic mass is 35.5. The SMILES string of the molecule is CN1C(=O)C(=Cc2ccc3c(c2)OCO3)N=C1c1ccc(Cl)cc1Cl. The van der Waals surface area contributed by atoms with E-state index in [1.54, 1.807) is 37.4 Å². The first-order valence-corrected chi connectivity index (χ1v) is 8.22. The molecular weight excluding hydrogens is 363 g/mol. The van der Waals surface area contributed by atoms with Gasteiger partial charge in [0.1, 0.15) is 11.5 Å². The van der Waals surface area contributed by atoms with Crippen LogP contribution in [-0.2, 0) is 4.79 Å². The number of likely N-dealkylation sites (N-methyl/N-ethyl adjacent to an activating group) is 1. The van der Waals surface area contributed by atoms with Crippen LogP contribution in [0.4, 0.5) is 0 Å². The molecule has 7 heteroatoms. The van der Waals surface area contributed by atoms with Crippen LogP contribution in [-0.4, -0.2) is 30.5 Å². The Morgan fingerprint density at radius 2 is 1.92 bits per heavy atom. The van der Waals surface area contributed by atoms with Crippen LogP contribution in [0.1, 0.15) is 11.1 Å². The van der Waals surface area contributed by atoms with E-state index in [1.807, 2.05) is 12.1 Å². The molecule has 0 atom stereocenters. The van der Waals surface area contributed by atoms with Crippen LogP contribution in [0.25, 0.3) is 6.08 Å². The Labute approximate surface area is 154 Å². The monoisotopic (exact) mass is 374 g/mol. The molecule has 0 radical (unpaired) electrons. The summed E-state index contributed by atoms with van der Waals surface area (Å²) in [5, 5.41) is 0.965. The molecule has 2 heterocycles. The molecule has 0 fully saturated rings. The number of ether oxygens (including phenoxy) is 2. The van der Waals surface area contributed by atoms with Gasteiger partial charge in [0.05, 0.1) is 5.02 Å². The largest absolute Gasteiger partial charge is 0.454 e. The zero-order valence-corrected chi connectivity index (χ0v) is 14.6. The topological polar surface area (TPSA) is 51.1 Å². The van der Waals surface area contributed by atoms with Crippen molar-refractivity contribution >= 4 is 41.0 Å². The van der Waals surface area contributed by atoms with Gasteiger partial charge in [-0.15, -0.1) is 0 Å². The molecule has 5 nitrogen and oxygen atoms in total. The quantitative estimate of drug-likeness (QED) is 0.746. The normalized spacial score (nSPS) is 17.4. The number of carbonyl (C=O) groups excluding carboxylic acids is 1. The molecular formula is C18H12Cl2N2O3. The second-order valence-corrected chi connectivity index (χ2v) is 6.41. The van der Waals surface area contributed by atoms with Crippen molar-refractivity contribution in [3.63, 3.8) is 0 Å². The maximum absolute atomic E-state index is 12.5. The van der Waals surface area contributed by atoms with Gasteiger partial charge in [-0.05, 0) is 42.0 Å². The summed E-state index contributed by atoms with van der Waals surface area (Å²) in [6, 6.07) is 10.5. The van der Waals surface area contributed by atoms with Crippen molar-refractivity contribution in [1.29, 1.82) is 0 Å². The van der Waals surface area contributed by atoms with Crippen molar-refractivity contribution in [3.05, 3.63) is 63.3 Å². The standard InChI is InChI=1S/C18H12Cl2N2O3/c1-22-17(12-4-3-11(19)8-13(12)20)21-14(18(22)23)6-10-2-5-15-16(7-10)25-9-24-15/h2-8H,9H2,1H3. The summed E-state index contributed by atoms with van der Waals surface area (Å²) in [6.07, 6.45) is 1.71. The highest BCUT2D eigenvalue weighted by Crippen LogP contribution is 2.34. The van der Waals surface area contributed by atoms with E-state index in [2.05, 4.69) is 4.99 Å². The van der Waals surface area contributed by atoms with Crippen molar-refractivity contribution in [2.24, 2.45) is 4.99 Å². The molecule has 0 spiro atoms. The average molecular weight is 375 g/mol. The number of aliphatic imine (C=N–C) groups is 1. The molecule has 2 aromatic rings. The smallest absolute Gasteiger partial charge is 0.277 e. The summed E-state index contributed by atoms with van der Waals surface area (Å²) in [6.45, 7) is 0.203. The number of carbonyl (C=O) groups is 1. The van der Waals surface area contributed by atoms with E-state index < -0.39 is 0 Å². The molecule has 2 aliphatic rings. The maximum Gasteiger partial charge on any atom is 0.277 e. The van der Waals surface area contributed by atoms with Gasteiger partial charge in [-0.2, -0.15) is 0 Å². The number of fused-ring (bicyclic) bond motifs is 1. The summed E-state index contributed by atoms with van der Waals surface area (Å²) in [5.41, 5.74) is 1.77. The predicted octanol–water partition coefficient (Wildman–Crippen LogP) is 3.98. The lowest BCUT2D eigenvalue weighted by Crippen LogP contribution is -2.28. The lowest BCUT2D eigenvalue weighted by atomic mass is 10.1. The van der Waals surface area contributed by atoms with Gasteiger partial charge in [-0.3, -0.25) is 9.69 Å². The van der Waals surface area contributed by atoms with Crippen LogP contribution in [0.15, 0.2) is 47.1 Å². The molecule has 0 saturated carbocycles. The third-order valence-corrected chi connectivity index (χ3v) is 4.49. The highest BCUT2D eigenvalue weighted by Gasteiger charge is 2.29. The molecule has 2 aliphatic heterocycles. The van der Waals surface area contributed by atoms with Crippen molar-refractivity contribution in [1.82, 2.24) is 4.90 Å². The maximum atomic E-state index is 12.5. The lowest BCUT2D eigenvalue weighted by molar-refractivity contribution is -0.121. The molecule has 0 saturated heterocycles. The van der Waals surface area contributed by atoms with Gasteiger partial charge in [0, 0.05) is 17.6 Å². The molecule has 2 aromatic carbocycles. The Kier molecular flexibility index (Phi) is 3.90. The Morgan fingerprint density at radius 3 is 2.72 bits per heavy atom.